The summed E-state index contributed by atoms with van der Waals surface area (Å²) in [4.78, 5) is 23.7. The van der Waals surface area contributed by atoms with Gasteiger partial charge in [0.15, 0.2) is 0 Å². The second-order valence-corrected chi connectivity index (χ2v) is 6.98. The second-order valence-electron chi connectivity index (χ2n) is 6.98. The van der Waals surface area contributed by atoms with Crippen molar-refractivity contribution < 1.29 is 31.9 Å². The van der Waals surface area contributed by atoms with Crippen molar-refractivity contribution in [2.45, 2.75) is 58.0 Å². The Balaban J connectivity index is 0.000000360. The normalized spacial score (nSPS) is 16.4. The highest BCUT2D eigenvalue weighted by atomic mass is 19.4. The zero-order valence-electron chi connectivity index (χ0n) is 16.2. The summed E-state index contributed by atoms with van der Waals surface area (Å²) in [5.41, 5.74) is 0.0971. The van der Waals surface area contributed by atoms with Crippen LogP contribution in [0.2, 0.25) is 0 Å². The summed E-state index contributed by atoms with van der Waals surface area (Å²) in [5, 5.41) is 5.34. The predicted octanol–water partition coefficient (Wildman–Crippen LogP) is 3.70. The van der Waals surface area contributed by atoms with Crippen molar-refractivity contribution >= 4 is 11.9 Å². The quantitative estimate of drug-likeness (QED) is 0.731. The van der Waals surface area contributed by atoms with Crippen LogP contribution in [0.3, 0.4) is 0 Å². The SMILES string of the molecule is CC(=O)NC1CC1.O=C(NCc1ccc(OC(F)(F)F)cc1F)N1CCCCC1. The first-order chi connectivity index (χ1) is 13.6. The highest BCUT2D eigenvalue weighted by Crippen LogP contribution is 2.24. The Kier molecular flexibility index (Phi) is 8.10. The highest BCUT2D eigenvalue weighted by Gasteiger charge is 2.31. The van der Waals surface area contributed by atoms with Crippen LogP contribution in [0.5, 0.6) is 5.75 Å². The van der Waals surface area contributed by atoms with E-state index in [2.05, 4.69) is 15.4 Å². The number of halogens is 4. The van der Waals surface area contributed by atoms with Crippen LogP contribution in [-0.4, -0.2) is 42.3 Å². The lowest BCUT2D eigenvalue weighted by Gasteiger charge is -2.26. The van der Waals surface area contributed by atoms with Crippen LogP contribution >= 0.6 is 0 Å². The van der Waals surface area contributed by atoms with E-state index in [-0.39, 0.29) is 24.0 Å². The molecule has 0 spiro atoms. The average molecular weight is 419 g/mol. The van der Waals surface area contributed by atoms with Crippen molar-refractivity contribution in [2.75, 3.05) is 13.1 Å². The molecule has 1 aliphatic carbocycles. The van der Waals surface area contributed by atoms with Gasteiger partial charge in [0, 0.05) is 44.2 Å². The van der Waals surface area contributed by atoms with Gasteiger partial charge in [-0.15, -0.1) is 13.2 Å². The first kappa shape index (κ1) is 22.8. The molecule has 1 aromatic rings. The number of nitrogens with zero attached hydrogens (tertiary/aromatic N) is 1. The summed E-state index contributed by atoms with van der Waals surface area (Å²) in [6.07, 6.45) is 0.450. The van der Waals surface area contributed by atoms with E-state index in [4.69, 9.17) is 0 Å². The maximum atomic E-state index is 13.7. The van der Waals surface area contributed by atoms with E-state index >= 15 is 0 Å². The lowest BCUT2D eigenvalue weighted by Crippen LogP contribution is -2.42. The van der Waals surface area contributed by atoms with Crippen LogP contribution in [-0.2, 0) is 11.3 Å². The van der Waals surface area contributed by atoms with Gasteiger partial charge in [0.1, 0.15) is 11.6 Å². The van der Waals surface area contributed by atoms with Gasteiger partial charge in [-0.1, -0.05) is 6.07 Å². The number of alkyl halides is 3. The van der Waals surface area contributed by atoms with E-state index in [1.54, 1.807) is 11.8 Å². The first-order valence-electron chi connectivity index (χ1n) is 9.48. The van der Waals surface area contributed by atoms with Gasteiger partial charge >= 0.3 is 12.4 Å². The summed E-state index contributed by atoms with van der Waals surface area (Å²) >= 11 is 0. The van der Waals surface area contributed by atoms with E-state index in [0.717, 1.165) is 31.4 Å². The number of hydrogen-bond acceptors (Lipinski definition) is 3. The molecule has 1 aromatic carbocycles. The molecule has 0 bridgehead atoms. The maximum Gasteiger partial charge on any atom is 0.573 e. The number of rotatable bonds is 4. The van der Waals surface area contributed by atoms with E-state index in [1.165, 1.54) is 12.8 Å². The van der Waals surface area contributed by atoms with Gasteiger partial charge < -0.3 is 20.3 Å². The minimum Gasteiger partial charge on any atom is -0.406 e. The molecule has 1 heterocycles. The van der Waals surface area contributed by atoms with E-state index in [1.807, 2.05) is 0 Å². The van der Waals surface area contributed by atoms with Crippen LogP contribution in [0.4, 0.5) is 22.4 Å². The molecule has 0 radical (unpaired) electrons. The first-order valence-corrected chi connectivity index (χ1v) is 9.48. The molecule has 1 aliphatic heterocycles. The van der Waals surface area contributed by atoms with Gasteiger partial charge in [-0.3, -0.25) is 4.79 Å². The molecule has 1 saturated heterocycles. The van der Waals surface area contributed by atoms with Crippen molar-refractivity contribution in [3.05, 3.63) is 29.6 Å². The van der Waals surface area contributed by atoms with Gasteiger partial charge in [-0.05, 0) is 38.2 Å². The van der Waals surface area contributed by atoms with Crippen LogP contribution in [0.15, 0.2) is 18.2 Å². The maximum absolute atomic E-state index is 13.7. The van der Waals surface area contributed by atoms with Gasteiger partial charge in [-0.2, -0.15) is 0 Å². The van der Waals surface area contributed by atoms with Crippen LogP contribution < -0.4 is 15.4 Å². The van der Waals surface area contributed by atoms with Crippen LogP contribution in [0, 0.1) is 5.82 Å². The van der Waals surface area contributed by atoms with Gasteiger partial charge in [0.2, 0.25) is 5.91 Å². The third-order valence-electron chi connectivity index (χ3n) is 4.32. The molecule has 6 nitrogen and oxygen atoms in total. The Labute approximate surface area is 166 Å². The van der Waals surface area contributed by atoms with E-state index in [0.29, 0.717) is 25.2 Å². The predicted molar refractivity (Wildman–Crippen MR) is 97.6 cm³/mol. The standard InChI is InChI=1S/C14H16F4N2O2.C5H9NO/c15-12-8-11(22-14(16,17)18)5-4-10(12)9-19-13(21)20-6-2-1-3-7-20;1-4(7)6-5-2-3-5/h4-5,8H,1-3,6-7,9H2,(H,19,21);5H,2-3H2,1H3,(H,6,7). The molecule has 2 fully saturated rings. The molecule has 29 heavy (non-hydrogen) atoms. The Morgan fingerprint density at radius 2 is 1.83 bits per heavy atom. The zero-order chi connectivity index (χ0) is 21.4. The number of ether oxygens (including phenoxy) is 1. The molecular weight excluding hydrogens is 394 g/mol. The number of hydrogen-bond donors (Lipinski definition) is 2. The third-order valence-corrected chi connectivity index (χ3v) is 4.32. The molecule has 0 unspecified atom stereocenters. The number of carbonyl (C=O) groups is 2. The summed E-state index contributed by atoms with van der Waals surface area (Å²) in [7, 11) is 0. The fraction of sp³-hybridized carbons (Fsp3) is 0.579. The van der Waals surface area contributed by atoms with Gasteiger partial charge in [0.25, 0.3) is 0 Å². The van der Waals surface area contributed by atoms with Crippen molar-refractivity contribution in [2.24, 2.45) is 0 Å². The molecule has 0 atom stereocenters. The number of carbonyl (C=O) groups excluding carboxylic acids is 2. The Hall–Kier alpha value is -2.52. The molecule has 2 N–H and O–H groups in total. The highest BCUT2D eigenvalue weighted by molar-refractivity contribution is 5.74. The molecule has 10 heteroatoms. The van der Waals surface area contributed by atoms with Crippen molar-refractivity contribution in [3.8, 4) is 5.75 Å². The number of amides is 3. The average Bonchev–Trinajstić information content (AvgIpc) is 3.44. The molecule has 0 aromatic heterocycles. The van der Waals surface area contributed by atoms with Crippen molar-refractivity contribution in [1.29, 1.82) is 0 Å². The zero-order valence-corrected chi connectivity index (χ0v) is 16.2. The molecule has 2 aliphatic rings. The fourth-order valence-corrected chi connectivity index (χ4v) is 2.76. The lowest BCUT2D eigenvalue weighted by molar-refractivity contribution is -0.274. The Morgan fingerprint density at radius 3 is 2.31 bits per heavy atom. The van der Waals surface area contributed by atoms with Crippen LogP contribution in [0.1, 0.15) is 44.6 Å². The lowest BCUT2D eigenvalue weighted by atomic mass is 10.1. The Bertz CT molecular complexity index is 702. The number of likely N-dealkylation sites (tertiary alicyclic amines) is 1. The molecular formula is C19H25F4N3O3. The number of benzene rings is 1. The minimum atomic E-state index is -4.86. The largest absolute Gasteiger partial charge is 0.573 e. The number of urea groups is 1. The number of nitrogens with one attached hydrogen (secondary N) is 2. The fourth-order valence-electron chi connectivity index (χ4n) is 2.76. The smallest absolute Gasteiger partial charge is 0.406 e. The monoisotopic (exact) mass is 419 g/mol. The van der Waals surface area contributed by atoms with Gasteiger partial charge in [0.05, 0.1) is 0 Å². The third kappa shape index (κ3) is 9.01. The van der Waals surface area contributed by atoms with Crippen molar-refractivity contribution in [1.82, 2.24) is 15.5 Å². The van der Waals surface area contributed by atoms with Crippen LogP contribution in [0.25, 0.3) is 0 Å². The summed E-state index contributed by atoms with van der Waals surface area (Å²) in [6, 6.07) is 3.05. The molecule has 3 rings (SSSR count). The number of piperidine rings is 1. The minimum absolute atomic E-state index is 0.0898. The topological polar surface area (TPSA) is 70.7 Å². The summed E-state index contributed by atoms with van der Waals surface area (Å²) in [5.74, 6) is -1.39. The van der Waals surface area contributed by atoms with Crippen molar-refractivity contribution in [3.63, 3.8) is 0 Å². The van der Waals surface area contributed by atoms with E-state index in [9.17, 15) is 27.2 Å². The second kappa shape index (κ2) is 10.3. The molecule has 162 valence electrons. The molecule has 3 amide bonds. The van der Waals surface area contributed by atoms with E-state index < -0.39 is 17.9 Å². The van der Waals surface area contributed by atoms with Gasteiger partial charge in [-0.25, -0.2) is 9.18 Å². The summed E-state index contributed by atoms with van der Waals surface area (Å²) in [6.45, 7) is 2.78. The summed E-state index contributed by atoms with van der Waals surface area (Å²) < 4.78 is 53.4. The Morgan fingerprint density at radius 1 is 1.17 bits per heavy atom. The molecule has 1 saturated carbocycles.